The van der Waals surface area contributed by atoms with Crippen molar-refractivity contribution >= 4 is 0 Å². The van der Waals surface area contributed by atoms with Gasteiger partial charge in [-0.2, -0.15) is 39.5 Å². The summed E-state index contributed by atoms with van der Waals surface area (Å²) in [7, 11) is 0. The summed E-state index contributed by atoms with van der Waals surface area (Å²) in [5.74, 6) is 0.153. The number of halogens is 9. The Morgan fingerprint density at radius 2 is 1.27 bits per heavy atom. The third kappa shape index (κ3) is 3.38. The molecule has 33 heavy (non-hydrogen) atoms. The molecule has 1 nitrogen and oxygen atoms in total. The van der Waals surface area contributed by atoms with Gasteiger partial charge in [-0.15, -0.1) is 0 Å². The van der Waals surface area contributed by atoms with Gasteiger partial charge in [0, 0.05) is 0 Å². The standard InChI is InChI=1S/C23H31F9O/c1-10-11(2)14-6-13(10)16-12-5-15(17(14)16)19(7-12,21(24,25)26)8-18(3,4)9-20(33,22(27,28)29)23(30,31)32/h10-17,33H,5-9H2,1-4H3. The van der Waals surface area contributed by atoms with Crippen molar-refractivity contribution in [2.75, 3.05) is 0 Å². The van der Waals surface area contributed by atoms with Gasteiger partial charge in [-0.1, -0.05) is 27.7 Å². The molecule has 1 N–H and O–H groups in total. The Balaban J connectivity index is 1.67. The lowest BCUT2D eigenvalue weighted by Crippen LogP contribution is -2.59. The van der Waals surface area contributed by atoms with E-state index in [0.717, 1.165) is 20.3 Å². The zero-order chi connectivity index (χ0) is 25.2. The Morgan fingerprint density at radius 3 is 1.73 bits per heavy atom. The van der Waals surface area contributed by atoms with Gasteiger partial charge in [-0.25, -0.2) is 0 Å². The summed E-state index contributed by atoms with van der Waals surface area (Å²) in [4.78, 5) is 0. The van der Waals surface area contributed by atoms with E-state index in [1.807, 2.05) is 6.92 Å². The fourth-order valence-electron chi connectivity index (χ4n) is 9.01. The van der Waals surface area contributed by atoms with Gasteiger partial charge in [0.15, 0.2) is 0 Å². The maximum atomic E-state index is 14.7. The highest BCUT2D eigenvalue weighted by Crippen LogP contribution is 2.77. The average Bonchev–Trinajstić information content (AvgIpc) is 3.30. The molecule has 0 aromatic heterocycles. The van der Waals surface area contributed by atoms with Gasteiger partial charge in [0.05, 0.1) is 5.41 Å². The first kappa shape index (κ1) is 25.4. The minimum atomic E-state index is -6.05. The van der Waals surface area contributed by atoms with Gasteiger partial charge >= 0.3 is 18.5 Å². The van der Waals surface area contributed by atoms with E-state index >= 15 is 0 Å². The Hall–Kier alpha value is -0.670. The highest BCUT2D eigenvalue weighted by atomic mass is 19.4. The Bertz CT molecular complexity index is 768. The van der Waals surface area contributed by atoms with Crippen LogP contribution in [0.1, 0.15) is 59.8 Å². The summed E-state index contributed by atoms with van der Waals surface area (Å²) in [6, 6.07) is 0. The van der Waals surface area contributed by atoms with E-state index in [4.69, 9.17) is 0 Å². The molecule has 0 amide bonds. The van der Waals surface area contributed by atoms with Gasteiger partial charge in [0.25, 0.3) is 5.60 Å². The molecular weight excluding hydrogens is 463 g/mol. The number of alkyl halides is 9. The van der Waals surface area contributed by atoms with E-state index < -0.39 is 53.7 Å². The molecule has 0 aliphatic heterocycles. The van der Waals surface area contributed by atoms with E-state index in [9.17, 15) is 44.6 Å². The van der Waals surface area contributed by atoms with Crippen LogP contribution in [0.4, 0.5) is 39.5 Å². The van der Waals surface area contributed by atoms with Crippen LogP contribution in [0.2, 0.25) is 0 Å². The predicted molar refractivity (Wildman–Crippen MR) is 102 cm³/mol. The first-order valence-corrected chi connectivity index (χ1v) is 11.6. The normalized spacial score (nSPS) is 43.5. The van der Waals surface area contributed by atoms with Crippen LogP contribution in [0, 0.1) is 58.2 Å². The van der Waals surface area contributed by atoms with Crippen LogP contribution in [0.5, 0.6) is 0 Å². The molecule has 0 aromatic rings. The van der Waals surface area contributed by atoms with Crippen LogP contribution in [-0.2, 0) is 0 Å². The molecule has 10 heteroatoms. The van der Waals surface area contributed by atoms with E-state index in [0.29, 0.717) is 18.3 Å². The van der Waals surface area contributed by atoms with Gasteiger partial charge in [0.2, 0.25) is 0 Å². The molecule has 0 saturated heterocycles. The second kappa shape index (κ2) is 6.96. The molecule has 0 aromatic carbocycles. The highest BCUT2D eigenvalue weighted by molar-refractivity contribution is 5.19. The number of hydrogen-bond acceptors (Lipinski definition) is 1. The van der Waals surface area contributed by atoms with Crippen LogP contribution >= 0.6 is 0 Å². The number of aliphatic hydroxyl groups is 1. The summed E-state index contributed by atoms with van der Waals surface area (Å²) in [5.41, 5.74) is -9.44. The Morgan fingerprint density at radius 1 is 0.788 bits per heavy atom. The van der Waals surface area contributed by atoms with Crippen molar-refractivity contribution < 1.29 is 44.6 Å². The van der Waals surface area contributed by atoms with Crippen LogP contribution in [-0.4, -0.2) is 29.2 Å². The number of hydrogen-bond donors (Lipinski definition) is 1. The zero-order valence-electron chi connectivity index (χ0n) is 19.0. The molecule has 9 unspecified atom stereocenters. The minimum Gasteiger partial charge on any atom is -0.374 e. The summed E-state index contributed by atoms with van der Waals surface area (Å²) >= 11 is 0. The average molecular weight is 494 g/mol. The highest BCUT2D eigenvalue weighted by Gasteiger charge is 2.77. The second-order valence-electron chi connectivity index (χ2n) is 12.3. The van der Waals surface area contributed by atoms with Crippen LogP contribution in [0.3, 0.4) is 0 Å². The molecule has 192 valence electrons. The Kier molecular flexibility index (Phi) is 5.37. The van der Waals surface area contributed by atoms with E-state index in [1.165, 1.54) is 0 Å². The molecule has 4 rings (SSSR count). The molecule has 4 bridgehead atoms. The van der Waals surface area contributed by atoms with Crippen molar-refractivity contribution in [1.29, 1.82) is 0 Å². The molecular formula is C23H31F9O. The summed E-state index contributed by atoms with van der Waals surface area (Å²) in [6.07, 6.45) is -18.6. The molecule has 4 fully saturated rings. The fraction of sp³-hybridized carbons (Fsp3) is 1.00. The van der Waals surface area contributed by atoms with Gasteiger partial charge in [-0.3, -0.25) is 0 Å². The summed E-state index contributed by atoms with van der Waals surface area (Å²) in [6.45, 7) is 6.14. The van der Waals surface area contributed by atoms with Crippen LogP contribution in [0.15, 0.2) is 0 Å². The zero-order valence-corrected chi connectivity index (χ0v) is 19.0. The van der Waals surface area contributed by atoms with Gasteiger partial charge in [0.1, 0.15) is 0 Å². The van der Waals surface area contributed by atoms with Crippen molar-refractivity contribution in [3.8, 4) is 0 Å². The third-order valence-corrected chi connectivity index (χ3v) is 10.1. The SMILES string of the molecule is CC1C(C)C2CC1C1C3CC(C21)C(CC(C)(C)CC(O)(C(F)(F)F)C(F)(F)F)(C(F)(F)F)C3. The number of rotatable bonds is 4. The predicted octanol–water partition coefficient (Wildman–Crippen LogP) is 7.39. The maximum absolute atomic E-state index is 14.7. The minimum absolute atomic E-state index is 0.123. The van der Waals surface area contributed by atoms with Crippen LogP contribution in [0.25, 0.3) is 0 Å². The molecule has 0 radical (unpaired) electrons. The van der Waals surface area contributed by atoms with Crippen molar-refractivity contribution in [3.63, 3.8) is 0 Å². The van der Waals surface area contributed by atoms with Crippen molar-refractivity contribution in [1.82, 2.24) is 0 Å². The smallest absolute Gasteiger partial charge is 0.374 e. The fourth-order valence-corrected chi connectivity index (χ4v) is 9.01. The first-order valence-electron chi connectivity index (χ1n) is 11.6. The molecule has 0 heterocycles. The Labute approximate surface area is 187 Å². The van der Waals surface area contributed by atoms with Crippen molar-refractivity contribution in [3.05, 3.63) is 0 Å². The quantitative estimate of drug-likeness (QED) is 0.319. The molecule has 4 aliphatic carbocycles. The van der Waals surface area contributed by atoms with E-state index in [1.54, 1.807) is 0 Å². The van der Waals surface area contributed by atoms with Crippen molar-refractivity contribution in [2.24, 2.45) is 58.2 Å². The molecule has 4 aliphatic rings. The lowest BCUT2D eigenvalue weighted by molar-refractivity contribution is -0.377. The largest absolute Gasteiger partial charge is 0.426 e. The lowest BCUT2D eigenvalue weighted by atomic mass is 9.54. The second-order valence-corrected chi connectivity index (χ2v) is 12.3. The molecule has 4 saturated carbocycles. The lowest BCUT2D eigenvalue weighted by Gasteiger charge is -2.52. The summed E-state index contributed by atoms with van der Waals surface area (Å²) < 4.78 is 124. The molecule has 0 spiro atoms. The van der Waals surface area contributed by atoms with Gasteiger partial charge < -0.3 is 5.11 Å². The van der Waals surface area contributed by atoms with Crippen LogP contribution < -0.4 is 0 Å². The van der Waals surface area contributed by atoms with Crippen molar-refractivity contribution in [2.45, 2.75) is 83.9 Å². The monoisotopic (exact) mass is 494 g/mol. The molecule has 9 atom stereocenters. The van der Waals surface area contributed by atoms with E-state index in [-0.39, 0.29) is 36.0 Å². The number of fused-ring (bicyclic) bond motifs is 9. The maximum Gasteiger partial charge on any atom is 0.426 e. The van der Waals surface area contributed by atoms with Gasteiger partial charge in [-0.05, 0) is 84.9 Å². The topological polar surface area (TPSA) is 20.2 Å². The van der Waals surface area contributed by atoms with E-state index in [2.05, 4.69) is 6.92 Å². The first-order chi connectivity index (χ1) is 14.7. The third-order valence-electron chi connectivity index (χ3n) is 10.1. The summed E-state index contributed by atoms with van der Waals surface area (Å²) in [5, 5.41) is 9.68.